The van der Waals surface area contributed by atoms with Crippen LogP contribution in [0.15, 0.2) is 54.7 Å². The molecule has 0 spiro atoms. The Kier molecular flexibility index (Phi) is 7.61. The topological polar surface area (TPSA) is 46.5 Å². The molecule has 3 aromatic rings. The highest BCUT2D eigenvalue weighted by Crippen LogP contribution is 2.36. The summed E-state index contributed by atoms with van der Waals surface area (Å²) < 4.78 is 7.75. The molecule has 32 heavy (non-hydrogen) atoms. The minimum atomic E-state index is 0.0296. The Labute approximate surface area is 191 Å². The molecule has 1 amide bonds. The summed E-state index contributed by atoms with van der Waals surface area (Å²) in [6, 6.07) is 17.0. The van der Waals surface area contributed by atoms with Gasteiger partial charge < -0.3 is 14.6 Å². The lowest BCUT2D eigenvalue weighted by atomic mass is 9.87. The van der Waals surface area contributed by atoms with E-state index in [1.807, 2.05) is 6.07 Å². The summed E-state index contributed by atoms with van der Waals surface area (Å²) >= 11 is 0. The molecule has 0 saturated carbocycles. The van der Waals surface area contributed by atoms with E-state index in [9.17, 15) is 4.79 Å². The van der Waals surface area contributed by atoms with Crippen LogP contribution in [0.2, 0.25) is 0 Å². The van der Waals surface area contributed by atoms with Gasteiger partial charge in [0.05, 0.1) is 18.7 Å². The van der Waals surface area contributed by atoms with Gasteiger partial charge in [0, 0.05) is 56.6 Å². The van der Waals surface area contributed by atoms with Crippen LogP contribution in [0.3, 0.4) is 0 Å². The van der Waals surface area contributed by atoms with Crippen molar-refractivity contribution in [3.05, 3.63) is 71.4 Å². The molecule has 4 rings (SSSR count). The van der Waals surface area contributed by atoms with Crippen molar-refractivity contribution in [2.75, 3.05) is 39.4 Å². The minimum Gasteiger partial charge on any atom is -0.379 e. The van der Waals surface area contributed by atoms with E-state index in [1.54, 1.807) is 0 Å². The average molecular weight is 434 g/mol. The number of hydrogen-bond donors (Lipinski definition) is 1. The number of carbonyl (C=O) groups excluding carboxylic acids is 1. The van der Waals surface area contributed by atoms with Gasteiger partial charge in [-0.05, 0) is 30.0 Å². The monoisotopic (exact) mass is 433 g/mol. The molecule has 0 aliphatic carbocycles. The van der Waals surface area contributed by atoms with Gasteiger partial charge in [-0.2, -0.15) is 0 Å². The normalized spacial score (nSPS) is 15.7. The molecule has 5 nitrogen and oxygen atoms in total. The van der Waals surface area contributed by atoms with Gasteiger partial charge in [0.1, 0.15) is 0 Å². The third-order valence-electron chi connectivity index (χ3n) is 6.56. The van der Waals surface area contributed by atoms with Crippen molar-refractivity contribution >= 4 is 16.8 Å². The molecular formula is C27H35N3O2. The first-order valence-corrected chi connectivity index (χ1v) is 11.9. The standard InChI is InChI=1S/C27H35N3O2/c1-3-21-11-8-12-23-25(20-30(4-2)27(21)23)24(22-9-6-5-7-10-22)19-26(31)28-13-14-29-15-17-32-18-16-29/h5-12,20,24H,3-4,13-19H2,1-2H3,(H,28,31)/t24-/m0/s1. The maximum absolute atomic E-state index is 13.0. The van der Waals surface area contributed by atoms with E-state index >= 15 is 0 Å². The highest BCUT2D eigenvalue weighted by Gasteiger charge is 2.23. The molecule has 170 valence electrons. The first-order chi connectivity index (χ1) is 15.7. The van der Waals surface area contributed by atoms with Gasteiger partial charge in [-0.1, -0.05) is 55.5 Å². The zero-order valence-electron chi connectivity index (χ0n) is 19.3. The quantitative estimate of drug-likeness (QED) is 0.550. The molecule has 2 aromatic carbocycles. The van der Waals surface area contributed by atoms with Gasteiger partial charge in [-0.25, -0.2) is 0 Å². The van der Waals surface area contributed by atoms with Crippen molar-refractivity contribution in [1.82, 2.24) is 14.8 Å². The fourth-order valence-electron chi connectivity index (χ4n) is 4.81. The van der Waals surface area contributed by atoms with E-state index in [0.717, 1.165) is 45.8 Å². The Morgan fingerprint density at radius 2 is 1.84 bits per heavy atom. The second-order valence-electron chi connectivity index (χ2n) is 8.51. The number of amides is 1. The molecule has 1 N–H and O–H groups in total. The number of aromatic nitrogens is 1. The number of ether oxygens (including phenoxy) is 1. The van der Waals surface area contributed by atoms with Crippen molar-refractivity contribution in [1.29, 1.82) is 0 Å². The van der Waals surface area contributed by atoms with Crippen molar-refractivity contribution in [2.24, 2.45) is 0 Å². The summed E-state index contributed by atoms with van der Waals surface area (Å²) in [5.74, 6) is 0.137. The number of carbonyl (C=O) groups is 1. The molecule has 1 fully saturated rings. The summed E-state index contributed by atoms with van der Waals surface area (Å²) in [5.41, 5.74) is 5.10. The number of fused-ring (bicyclic) bond motifs is 1. The Balaban J connectivity index is 1.57. The van der Waals surface area contributed by atoms with E-state index in [4.69, 9.17) is 4.74 Å². The van der Waals surface area contributed by atoms with Crippen LogP contribution in [-0.2, 0) is 22.5 Å². The van der Waals surface area contributed by atoms with E-state index < -0.39 is 0 Å². The number of benzene rings is 2. The highest BCUT2D eigenvalue weighted by molar-refractivity contribution is 5.89. The summed E-state index contributed by atoms with van der Waals surface area (Å²) in [6.07, 6.45) is 3.72. The van der Waals surface area contributed by atoms with Crippen LogP contribution in [0, 0.1) is 0 Å². The summed E-state index contributed by atoms with van der Waals surface area (Å²) in [6.45, 7) is 10.3. The molecule has 5 heteroatoms. The summed E-state index contributed by atoms with van der Waals surface area (Å²) in [7, 11) is 0. The number of nitrogens with one attached hydrogen (secondary N) is 1. The fourth-order valence-corrected chi connectivity index (χ4v) is 4.81. The predicted molar refractivity (Wildman–Crippen MR) is 130 cm³/mol. The highest BCUT2D eigenvalue weighted by atomic mass is 16.5. The molecule has 2 heterocycles. The van der Waals surface area contributed by atoms with E-state index in [2.05, 4.69) is 77.3 Å². The predicted octanol–water partition coefficient (Wildman–Crippen LogP) is 4.19. The Bertz CT molecular complexity index is 1020. The van der Waals surface area contributed by atoms with Crippen LogP contribution in [-0.4, -0.2) is 54.8 Å². The Hall–Kier alpha value is -2.63. The lowest BCUT2D eigenvalue weighted by Gasteiger charge is -2.26. The van der Waals surface area contributed by atoms with E-state index in [-0.39, 0.29) is 11.8 Å². The largest absolute Gasteiger partial charge is 0.379 e. The van der Waals surface area contributed by atoms with Crippen LogP contribution < -0.4 is 5.32 Å². The molecule has 1 atom stereocenters. The number of para-hydroxylation sites is 1. The van der Waals surface area contributed by atoms with Gasteiger partial charge in [-0.3, -0.25) is 9.69 Å². The number of nitrogens with zero attached hydrogens (tertiary/aromatic N) is 2. The molecule has 1 aromatic heterocycles. The smallest absolute Gasteiger partial charge is 0.220 e. The van der Waals surface area contributed by atoms with Crippen LogP contribution in [0.4, 0.5) is 0 Å². The SMILES string of the molecule is CCc1cccc2c([C@@H](CC(=O)NCCN3CCOCC3)c3ccccc3)cn(CC)c12. The molecule has 1 aliphatic rings. The summed E-state index contributed by atoms with van der Waals surface area (Å²) in [4.78, 5) is 15.4. The number of aryl methyl sites for hydroxylation is 2. The van der Waals surface area contributed by atoms with Crippen molar-refractivity contribution in [2.45, 2.75) is 39.2 Å². The first kappa shape index (κ1) is 22.6. The zero-order chi connectivity index (χ0) is 22.3. The Morgan fingerprint density at radius 3 is 2.56 bits per heavy atom. The molecule has 0 radical (unpaired) electrons. The lowest BCUT2D eigenvalue weighted by molar-refractivity contribution is -0.121. The Morgan fingerprint density at radius 1 is 1.06 bits per heavy atom. The number of hydrogen-bond acceptors (Lipinski definition) is 3. The molecule has 0 bridgehead atoms. The van der Waals surface area contributed by atoms with Gasteiger partial charge in [-0.15, -0.1) is 0 Å². The molecule has 1 aliphatic heterocycles. The van der Waals surface area contributed by atoms with Crippen LogP contribution in [0.5, 0.6) is 0 Å². The van der Waals surface area contributed by atoms with Crippen molar-refractivity contribution in [3.63, 3.8) is 0 Å². The maximum atomic E-state index is 13.0. The van der Waals surface area contributed by atoms with Gasteiger partial charge in [0.25, 0.3) is 0 Å². The maximum Gasteiger partial charge on any atom is 0.220 e. The van der Waals surface area contributed by atoms with E-state index in [1.165, 1.54) is 27.6 Å². The number of morpholine rings is 1. The first-order valence-electron chi connectivity index (χ1n) is 11.9. The number of rotatable bonds is 9. The van der Waals surface area contributed by atoms with Crippen LogP contribution in [0.25, 0.3) is 10.9 Å². The van der Waals surface area contributed by atoms with Crippen LogP contribution >= 0.6 is 0 Å². The zero-order valence-corrected chi connectivity index (χ0v) is 19.3. The third kappa shape index (κ3) is 5.05. The van der Waals surface area contributed by atoms with Crippen molar-refractivity contribution < 1.29 is 9.53 Å². The molecule has 0 unspecified atom stereocenters. The van der Waals surface area contributed by atoms with Gasteiger partial charge >= 0.3 is 0 Å². The third-order valence-corrected chi connectivity index (χ3v) is 6.56. The minimum absolute atomic E-state index is 0.0296. The van der Waals surface area contributed by atoms with E-state index in [0.29, 0.717) is 13.0 Å². The van der Waals surface area contributed by atoms with Crippen LogP contribution in [0.1, 0.15) is 42.9 Å². The average Bonchev–Trinajstić information content (AvgIpc) is 3.22. The second kappa shape index (κ2) is 10.8. The molecular weight excluding hydrogens is 398 g/mol. The fraction of sp³-hybridized carbons (Fsp3) is 0.444. The second-order valence-corrected chi connectivity index (χ2v) is 8.51. The van der Waals surface area contributed by atoms with Gasteiger partial charge in [0.15, 0.2) is 0 Å². The summed E-state index contributed by atoms with van der Waals surface area (Å²) in [5, 5.41) is 4.43. The van der Waals surface area contributed by atoms with Gasteiger partial charge in [0.2, 0.25) is 5.91 Å². The van der Waals surface area contributed by atoms with Crippen molar-refractivity contribution in [3.8, 4) is 0 Å². The lowest BCUT2D eigenvalue weighted by Crippen LogP contribution is -2.41. The molecule has 1 saturated heterocycles.